The first-order chi connectivity index (χ1) is 15.1. The molecule has 0 aliphatic carbocycles. The maximum atomic E-state index is 6.65. The average Bonchev–Trinajstić information content (AvgIpc) is 3.37. The van der Waals surface area contributed by atoms with Crippen molar-refractivity contribution in [3.63, 3.8) is 0 Å². The van der Waals surface area contributed by atoms with E-state index < -0.39 is 0 Å². The van der Waals surface area contributed by atoms with Gasteiger partial charge in [-0.1, -0.05) is 149 Å². The maximum Gasteiger partial charge on any atom is 0.147 e. The molecule has 1 saturated heterocycles. The summed E-state index contributed by atoms with van der Waals surface area (Å²) in [6.45, 7) is 6.85. The minimum atomic E-state index is -0.305. The largest absolute Gasteiger partial charge is 0.347 e. The number of hydrogen-bond donors (Lipinski definition) is 1. The van der Waals surface area contributed by atoms with Crippen molar-refractivity contribution >= 4 is 0 Å². The van der Waals surface area contributed by atoms with Gasteiger partial charge >= 0.3 is 0 Å². The number of ether oxygens (including phenoxy) is 1. The monoisotopic (exact) mass is 437 g/mol. The van der Waals surface area contributed by atoms with E-state index in [1.807, 2.05) is 0 Å². The summed E-state index contributed by atoms with van der Waals surface area (Å²) in [5.41, 5.74) is 6.36. The molecule has 2 heteroatoms. The van der Waals surface area contributed by atoms with Crippen LogP contribution in [0.3, 0.4) is 0 Å². The Bertz CT molecular complexity index is 398. The standard InChI is InChI=1S/C29H59NO/c1-4-7-9-11-13-15-17-19-21-23-25-27-29(30)28(6-3,31-29)26-24-22-20-18-16-14-12-10-8-5-2/h4-27,30H2,1-3H3. The fourth-order valence-electron chi connectivity index (χ4n) is 5.36. The van der Waals surface area contributed by atoms with Crippen molar-refractivity contribution in [2.75, 3.05) is 0 Å². The summed E-state index contributed by atoms with van der Waals surface area (Å²) >= 11 is 0. The molecule has 1 aliphatic rings. The number of unbranched alkanes of at least 4 members (excludes halogenated alkanes) is 19. The van der Waals surface area contributed by atoms with E-state index in [9.17, 15) is 0 Å². The van der Waals surface area contributed by atoms with Gasteiger partial charge in [-0.2, -0.15) is 0 Å². The van der Waals surface area contributed by atoms with E-state index in [4.69, 9.17) is 10.5 Å². The lowest BCUT2D eigenvalue weighted by molar-refractivity contribution is 0.240. The van der Waals surface area contributed by atoms with E-state index in [0.717, 1.165) is 12.8 Å². The average molecular weight is 438 g/mol. The molecule has 0 amide bonds. The van der Waals surface area contributed by atoms with Gasteiger partial charge in [0, 0.05) is 0 Å². The van der Waals surface area contributed by atoms with Crippen LogP contribution in [0.4, 0.5) is 0 Å². The second-order valence-corrected chi connectivity index (χ2v) is 10.6. The van der Waals surface area contributed by atoms with Crippen LogP contribution in [0.2, 0.25) is 0 Å². The zero-order valence-corrected chi connectivity index (χ0v) is 22.0. The predicted molar refractivity (Wildman–Crippen MR) is 139 cm³/mol. The Labute approximate surface area is 196 Å². The smallest absolute Gasteiger partial charge is 0.147 e. The van der Waals surface area contributed by atoms with Gasteiger partial charge < -0.3 is 10.5 Å². The quantitative estimate of drug-likeness (QED) is 0.120. The summed E-state index contributed by atoms with van der Waals surface area (Å²) < 4.78 is 6.19. The van der Waals surface area contributed by atoms with Crippen LogP contribution in [-0.2, 0) is 4.74 Å². The second kappa shape index (κ2) is 18.4. The first-order valence-corrected chi connectivity index (χ1v) is 14.6. The highest BCUT2D eigenvalue weighted by atomic mass is 16.6. The number of hydrogen-bond acceptors (Lipinski definition) is 2. The Morgan fingerprint density at radius 3 is 1.13 bits per heavy atom. The summed E-state index contributed by atoms with van der Waals surface area (Å²) in [6, 6.07) is 0. The fraction of sp³-hybridized carbons (Fsp3) is 1.00. The molecule has 0 radical (unpaired) electrons. The molecule has 0 saturated carbocycles. The maximum absolute atomic E-state index is 6.65. The lowest BCUT2D eigenvalue weighted by Gasteiger charge is -2.15. The third-order valence-electron chi connectivity index (χ3n) is 7.76. The molecule has 186 valence electrons. The molecule has 2 atom stereocenters. The highest BCUT2D eigenvalue weighted by Gasteiger charge is 2.65. The Hall–Kier alpha value is -0.0800. The first-order valence-electron chi connectivity index (χ1n) is 14.6. The van der Waals surface area contributed by atoms with E-state index in [2.05, 4.69) is 20.8 Å². The molecule has 1 aliphatic heterocycles. The van der Waals surface area contributed by atoms with Crippen LogP contribution < -0.4 is 5.73 Å². The first kappa shape index (κ1) is 29.0. The molecule has 0 aromatic rings. The van der Waals surface area contributed by atoms with Crippen LogP contribution in [0.1, 0.15) is 175 Å². The van der Waals surface area contributed by atoms with E-state index >= 15 is 0 Å². The van der Waals surface area contributed by atoms with Gasteiger partial charge in [-0.3, -0.25) is 0 Å². The summed E-state index contributed by atoms with van der Waals surface area (Å²) in [6.07, 6.45) is 32.6. The van der Waals surface area contributed by atoms with E-state index in [1.165, 1.54) is 141 Å². The Kier molecular flexibility index (Phi) is 17.1. The minimum Gasteiger partial charge on any atom is -0.347 e. The lowest BCUT2D eigenvalue weighted by atomic mass is 9.88. The summed E-state index contributed by atoms with van der Waals surface area (Å²) in [7, 11) is 0. The van der Waals surface area contributed by atoms with Crippen LogP contribution in [0.15, 0.2) is 0 Å². The molecule has 2 nitrogen and oxygen atoms in total. The molecule has 2 N–H and O–H groups in total. The molecule has 1 heterocycles. The number of epoxide rings is 1. The SMILES string of the molecule is CCCCCCCCCCCCCC1(N)OC1(CC)CCCCCCCCCCCC. The van der Waals surface area contributed by atoms with Crippen LogP contribution in [0.5, 0.6) is 0 Å². The van der Waals surface area contributed by atoms with Gasteiger partial charge in [-0.05, 0) is 25.7 Å². The third-order valence-corrected chi connectivity index (χ3v) is 7.76. The van der Waals surface area contributed by atoms with Gasteiger partial charge in [0.25, 0.3) is 0 Å². The van der Waals surface area contributed by atoms with Crippen molar-refractivity contribution in [3.05, 3.63) is 0 Å². The lowest BCUT2D eigenvalue weighted by Crippen LogP contribution is -2.34. The van der Waals surface area contributed by atoms with Crippen LogP contribution in [0.25, 0.3) is 0 Å². The summed E-state index contributed by atoms with van der Waals surface area (Å²) in [5.74, 6) is 0. The van der Waals surface area contributed by atoms with Crippen LogP contribution in [-0.4, -0.2) is 11.3 Å². The van der Waals surface area contributed by atoms with Crippen LogP contribution in [0, 0.1) is 0 Å². The predicted octanol–water partition coefficient (Wildman–Crippen LogP) is 9.83. The van der Waals surface area contributed by atoms with Crippen molar-refractivity contribution in [2.45, 2.75) is 186 Å². The summed E-state index contributed by atoms with van der Waals surface area (Å²) in [5, 5.41) is 0. The molecule has 2 unspecified atom stereocenters. The Morgan fingerprint density at radius 1 is 0.452 bits per heavy atom. The minimum absolute atomic E-state index is 0.00560. The third kappa shape index (κ3) is 12.7. The molecule has 0 aromatic heterocycles. The number of nitrogens with two attached hydrogens (primary N) is 1. The van der Waals surface area contributed by atoms with Gasteiger partial charge in [0.15, 0.2) is 0 Å². The fourth-order valence-corrected chi connectivity index (χ4v) is 5.36. The number of rotatable bonds is 24. The van der Waals surface area contributed by atoms with Gasteiger partial charge in [0.2, 0.25) is 0 Å². The van der Waals surface area contributed by atoms with Gasteiger partial charge in [0.1, 0.15) is 11.3 Å². The van der Waals surface area contributed by atoms with E-state index in [0.29, 0.717) is 0 Å². The molecule has 1 rings (SSSR count). The highest BCUT2D eigenvalue weighted by Crippen LogP contribution is 2.52. The molecule has 31 heavy (non-hydrogen) atoms. The summed E-state index contributed by atoms with van der Waals surface area (Å²) in [4.78, 5) is 0. The Morgan fingerprint density at radius 2 is 0.774 bits per heavy atom. The van der Waals surface area contributed by atoms with Crippen LogP contribution >= 0.6 is 0 Å². The molecule has 0 aromatic carbocycles. The second-order valence-electron chi connectivity index (χ2n) is 10.6. The van der Waals surface area contributed by atoms with Gasteiger partial charge in [-0.25, -0.2) is 0 Å². The van der Waals surface area contributed by atoms with Crippen molar-refractivity contribution in [1.82, 2.24) is 0 Å². The topological polar surface area (TPSA) is 38.5 Å². The molecule has 0 spiro atoms. The van der Waals surface area contributed by atoms with Crippen molar-refractivity contribution in [2.24, 2.45) is 5.73 Å². The molecular weight excluding hydrogens is 378 g/mol. The van der Waals surface area contributed by atoms with Gasteiger partial charge in [-0.15, -0.1) is 0 Å². The van der Waals surface area contributed by atoms with E-state index in [-0.39, 0.29) is 11.3 Å². The molecule has 1 fully saturated rings. The molecule has 0 bridgehead atoms. The Balaban J connectivity index is 1.96. The van der Waals surface area contributed by atoms with Crippen molar-refractivity contribution in [3.8, 4) is 0 Å². The van der Waals surface area contributed by atoms with E-state index in [1.54, 1.807) is 0 Å². The van der Waals surface area contributed by atoms with Crippen molar-refractivity contribution in [1.29, 1.82) is 0 Å². The zero-order valence-electron chi connectivity index (χ0n) is 22.0. The normalized spacial score (nSPS) is 22.8. The zero-order chi connectivity index (χ0) is 22.7. The van der Waals surface area contributed by atoms with Crippen molar-refractivity contribution < 1.29 is 4.74 Å². The molecular formula is C29H59NO. The van der Waals surface area contributed by atoms with Gasteiger partial charge in [0.05, 0.1) is 0 Å². The highest BCUT2D eigenvalue weighted by molar-refractivity contribution is 5.11.